The van der Waals surface area contributed by atoms with E-state index in [0.29, 0.717) is 6.04 Å². The molecule has 0 bridgehead atoms. The van der Waals surface area contributed by atoms with Gasteiger partial charge in [0.15, 0.2) is 5.96 Å². The molecule has 6 heteroatoms. The van der Waals surface area contributed by atoms with Crippen LogP contribution in [0.15, 0.2) is 41.4 Å². The van der Waals surface area contributed by atoms with Crippen molar-refractivity contribution in [3.63, 3.8) is 0 Å². The molecular formula is C21H34IN5. The predicted octanol–water partition coefficient (Wildman–Crippen LogP) is 2.83. The molecule has 1 aromatic carbocycles. The number of guanidine groups is 1. The Kier molecular flexibility index (Phi) is 9.58. The van der Waals surface area contributed by atoms with E-state index in [2.05, 4.69) is 68.9 Å². The molecule has 3 rings (SSSR count). The minimum absolute atomic E-state index is 0. The summed E-state index contributed by atoms with van der Waals surface area (Å²) in [5, 5.41) is 6.90. The molecule has 27 heavy (non-hydrogen) atoms. The van der Waals surface area contributed by atoms with Crippen molar-refractivity contribution in [1.82, 2.24) is 20.4 Å². The van der Waals surface area contributed by atoms with Crippen LogP contribution in [-0.2, 0) is 13.1 Å². The molecule has 2 aliphatic rings. The molecule has 0 spiro atoms. The average Bonchev–Trinajstić information content (AvgIpc) is 3.09. The number of hydrogen-bond donors (Lipinski definition) is 2. The Morgan fingerprint density at radius 3 is 2.44 bits per heavy atom. The maximum atomic E-state index is 4.33. The quantitative estimate of drug-likeness (QED) is 0.293. The van der Waals surface area contributed by atoms with Crippen molar-refractivity contribution in [3.05, 3.63) is 47.5 Å². The molecule has 1 aliphatic carbocycles. The van der Waals surface area contributed by atoms with Crippen molar-refractivity contribution in [3.8, 4) is 0 Å². The molecule has 1 heterocycles. The molecule has 0 radical (unpaired) electrons. The van der Waals surface area contributed by atoms with Crippen molar-refractivity contribution in [1.29, 1.82) is 0 Å². The SMILES string of the molecule is CN=C(NCc1ccc(CN2CCCN(C)CC2)cc1)NC1CC=CC1.I. The van der Waals surface area contributed by atoms with Gasteiger partial charge in [-0.15, -0.1) is 24.0 Å². The number of nitrogens with zero attached hydrogens (tertiary/aromatic N) is 3. The smallest absolute Gasteiger partial charge is 0.191 e. The molecule has 1 fully saturated rings. The number of likely N-dealkylation sites (N-methyl/N-ethyl adjacent to an activating group) is 1. The third kappa shape index (κ3) is 7.43. The van der Waals surface area contributed by atoms with E-state index in [4.69, 9.17) is 0 Å². The van der Waals surface area contributed by atoms with Crippen molar-refractivity contribution in [2.24, 2.45) is 4.99 Å². The van der Waals surface area contributed by atoms with Crippen LogP contribution >= 0.6 is 24.0 Å². The summed E-state index contributed by atoms with van der Waals surface area (Å²) in [5.41, 5.74) is 2.69. The Bertz CT molecular complexity index is 606. The second-order valence-electron chi connectivity index (χ2n) is 7.46. The van der Waals surface area contributed by atoms with Crippen LogP contribution in [0.3, 0.4) is 0 Å². The molecule has 1 saturated heterocycles. The predicted molar refractivity (Wildman–Crippen MR) is 125 cm³/mol. The number of hydrogen-bond acceptors (Lipinski definition) is 3. The molecule has 5 nitrogen and oxygen atoms in total. The van der Waals surface area contributed by atoms with Gasteiger partial charge in [-0.1, -0.05) is 36.4 Å². The van der Waals surface area contributed by atoms with Gasteiger partial charge in [-0.3, -0.25) is 9.89 Å². The molecule has 150 valence electrons. The lowest BCUT2D eigenvalue weighted by Gasteiger charge is -2.20. The van der Waals surface area contributed by atoms with E-state index >= 15 is 0 Å². The van der Waals surface area contributed by atoms with Gasteiger partial charge in [-0.05, 0) is 50.5 Å². The minimum atomic E-state index is 0. The highest BCUT2D eigenvalue weighted by Gasteiger charge is 2.13. The van der Waals surface area contributed by atoms with Gasteiger partial charge in [0.2, 0.25) is 0 Å². The van der Waals surface area contributed by atoms with Gasteiger partial charge in [-0.25, -0.2) is 0 Å². The summed E-state index contributed by atoms with van der Waals surface area (Å²) in [6, 6.07) is 9.48. The lowest BCUT2D eigenvalue weighted by atomic mass is 10.1. The molecule has 1 aliphatic heterocycles. The molecule has 0 amide bonds. The summed E-state index contributed by atoms with van der Waals surface area (Å²) >= 11 is 0. The zero-order valence-electron chi connectivity index (χ0n) is 16.7. The molecule has 0 saturated carbocycles. The summed E-state index contributed by atoms with van der Waals surface area (Å²) in [7, 11) is 4.05. The van der Waals surface area contributed by atoms with Crippen LogP contribution in [0.25, 0.3) is 0 Å². The second kappa shape index (κ2) is 11.7. The monoisotopic (exact) mass is 483 g/mol. The molecule has 0 aromatic heterocycles. The number of benzene rings is 1. The molecule has 1 aromatic rings. The summed E-state index contributed by atoms with van der Waals surface area (Å²) in [6.07, 6.45) is 7.89. The summed E-state index contributed by atoms with van der Waals surface area (Å²) < 4.78 is 0. The van der Waals surface area contributed by atoms with Crippen LogP contribution < -0.4 is 10.6 Å². The van der Waals surface area contributed by atoms with Crippen LogP contribution in [0, 0.1) is 0 Å². The Morgan fingerprint density at radius 2 is 1.74 bits per heavy atom. The van der Waals surface area contributed by atoms with Gasteiger partial charge in [-0.2, -0.15) is 0 Å². The van der Waals surface area contributed by atoms with Gasteiger partial charge in [0, 0.05) is 39.3 Å². The summed E-state index contributed by atoms with van der Waals surface area (Å²) in [6.45, 7) is 6.61. The zero-order valence-corrected chi connectivity index (χ0v) is 19.0. The van der Waals surface area contributed by atoms with Gasteiger partial charge in [0.25, 0.3) is 0 Å². The maximum Gasteiger partial charge on any atom is 0.191 e. The third-order valence-electron chi connectivity index (χ3n) is 5.27. The van der Waals surface area contributed by atoms with Gasteiger partial charge < -0.3 is 15.5 Å². The van der Waals surface area contributed by atoms with E-state index in [1.807, 2.05) is 7.05 Å². The first-order chi connectivity index (χ1) is 12.7. The molecule has 0 unspecified atom stereocenters. The zero-order chi connectivity index (χ0) is 18.2. The standard InChI is InChI=1S/C21H33N5.HI/c1-22-21(24-20-6-3-4-7-20)23-16-18-8-10-19(11-9-18)17-26-13-5-12-25(2)14-15-26;/h3-4,8-11,20H,5-7,12-17H2,1-2H3,(H2,22,23,24);1H. The maximum absolute atomic E-state index is 4.33. The molecule has 0 atom stereocenters. The highest BCUT2D eigenvalue weighted by molar-refractivity contribution is 14.0. The number of rotatable bonds is 5. The fourth-order valence-corrected chi connectivity index (χ4v) is 3.59. The topological polar surface area (TPSA) is 42.9 Å². The molecule has 2 N–H and O–H groups in total. The fraction of sp³-hybridized carbons (Fsp3) is 0.571. The lowest BCUT2D eigenvalue weighted by molar-refractivity contribution is 0.269. The highest BCUT2D eigenvalue weighted by Crippen LogP contribution is 2.11. The first-order valence-electron chi connectivity index (χ1n) is 9.84. The van der Waals surface area contributed by atoms with Crippen LogP contribution in [0.5, 0.6) is 0 Å². The highest BCUT2D eigenvalue weighted by atomic mass is 127. The Balaban J connectivity index is 0.00000261. The van der Waals surface area contributed by atoms with Crippen molar-refractivity contribution in [2.45, 2.75) is 38.4 Å². The van der Waals surface area contributed by atoms with Crippen LogP contribution in [0.2, 0.25) is 0 Å². The van der Waals surface area contributed by atoms with Crippen LogP contribution in [0.1, 0.15) is 30.4 Å². The van der Waals surface area contributed by atoms with Gasteiger partial charge in [0.05, 0.1) is 0 Å². The minimum Gasteiger partial charge on any atom is -0.353 e. The summed E-state index contributed by atoms with van der Waals surface area (Å²) in [4.78, 5) is 9.33. The Hall–Kier alpha value is -1.12. The van der Waals surface area contributed by atoms with Crippen LogP contribution in [0.4, 0.5) is 0 Å². The van der Waals surface area contributed by atoms with Gasteiger partial charge in [0.1, 0.15) is 0 Å². The van der Waals surface area contributed by atoms with E-state index in [1.54, 1.807) is 0 Å². The van der Waals surface area contributed by atoms with Crippen molar-refractivity contribution >= 4 is 29.9 Å². The van der Waals surface area contributed by atoms with E-state index in [0.717, 1.165) is 38.4 Å². The number of aliphatic imine (C=N–C) groups is 1. The third-order valence-corrected chi connectivity index (χ3v) is 5.27. The first kappa shape index (κ1) is 22.2. The second-order valence-corrected chi connectivity index (χ2v) is 7.46. The van der Waals surface area contributed by atoms with Crippen molar-refractivity contribution in [2.75, 3.05) is 40.3 Å². The normalized spacial score (nSPS) is 19.6. The summed E-state index contributed by atoms with van der Waals surface area (Å²) in [5.74, 6) is 0.886. The van der Waals surface area contributed by atoms with E-state index in [9.17, 15) is 0 Å². The van der Waals surface area contributed by atoms with Crippen LogP contribution in [-0.4, -0.2) is 62.1 Å². The lowest BCUT2D eigenvalue weighted by Crippen LogP contribution is -2.42. The Morgan fingerprint density at radius 1 is 1.04 bits per heavy atom. The largest absolute Gasteiger partial charge is 0.353 e. The van der Waals surface area contributed by atoms with Crippen molar-refractivity contribution < 1.29 is 0 Å². The molecular weight excluding hydrogens is 449 g/mol. The number of nitrogens with one attached hydrogen (secondary N) is 2. The fourth-order valence-electron chi connectivity index (χ4n) is 3.59. The van der Waals surface area contributed by atoms with E-state index in [1.165, 1.54) is 37.2 Å². The van der Waals surface area contributed by atoms with E-state index in [-0.39, 0.29) is 24.0 Å². The number of halogens is 1. The van der Waals surface area contributed by atoms with Gasteiger partial charge >= 0.3 is 0 Å². The Labute approximate surface area is 181 Å². The van der Waals surface area contributed by atoms with E-state index < -0.39 is 0 Å². The first-order valence-corrected chi connectivity index (χ1v) is 9.84. The average molecular weight is 483 g/mol.